The average Bonchev–Trinajstić information content (AvgIpc) is 2.91. The summed E-state index contributed by atoms with van der Waals surface area (Å²) in [5.74, 6) is -0.906. The van der Waals surface area contributed by atoms with Crippen LogP contribution in [0.2, 0.25) is 4.34 Å². The van der Waals surface area contributed by atoms with Gasteiger partial charge in [0.05, 0.1) is 11.8 Å². The molecule has 0 bridgehead atoms. The molecule has 1 atom stereocenters. The first-order valence-electron chi connectivity index (χ1n) is 7.17. The first kappa shape index (κ1) is 18.4. The van der Waals surface area contributed by atoms with Crippen LogP contribution in [0.3, 0.4) is 0 Å². The van der Waals surface area contributed by atoms with E-state index in [1.165, 1.54) is 12.3 Å². The van der Waals surface area contributed by atoms with Gasteiger partial charge in [0, 0.05) is 0 Å². The maximum atomic E-state index is 12.4. The molecule has 0 aliphatic carbocycles. The third-order valence-corrected chi connectivity index (χ3v) is 4.26. The number of amides is 1. The minimum atomic E-state index is -0.814. The van der Waals surface area contributed by atoms with Gasteiger partial charge in [-0.1, -0.05) is 55.8 Å². The highest BCUT2D eigenvalue weighted by Crippen LogP contribution is 2.26. The topological polar surface area (TPSA) is 94.3 Å². The molecule has 0 aliphatic rings. The molecule has 6 nitrogen and oxygen atoms in total. The Labute approximate surface area is 149 Å². The van der Waals surface area contributed by atoms with Gasteiger partial charge < -0.3 is 10.5 Å². The molecule has 24 heavy (non-hydrogen) atoms. The molecular formula is C16H18ClN3O3S. The van der Waals surface area contributed by atoms with Gasteiger partial charge in [-0.05, 0) is 17.5 Å². The van der Waals surface area contributed by atoms with E-state index in [9.17, 15) is 9.59 Å². The summed E-state index contributed by atoms with van der Waals surface area (Å²) >= 11 is 6.92. The monoisotopic (exact) mass is 367 g/mol. The Bertz CT molecular complexity index is 755. The highest BCUT2D eigenvalue weighted by atomic mass is 35.5. The number of rotatable bonds is 4. The lowest BCUT2D eigenvalue weighted by Crippen LogP contribution is -2.44. The quantitative estimate of drug-likeness (QED) is 0.638. The van der Waals surface area contributed by atoms with Crippen LogP contribution in [0.15, 0.2) is 30.5 Å². The third kappa shape index (κ3) is 4.53. The van der Waals surface area contributed by atoms with Crippen LogP contribution in [0.5, 0.6) is 5.75 Å². The molecule has 0 spiro atoms. The summed E-state index contributed by atoms with van der Waals surface area (Å²) in [5.41, 5.74) is 5.65. The van der Waals surface area contributed by atoms with Gasteiger partial charge in [-0.3, -0.25) is 10.1 Å². The highest BCUT2D eigenvalue weighted by molar-refractivity contribution is 7.19. The summed E-state index contributed by atoms with van der Waals surface area (Å²) in [6.45, 7) is 5.51. The van der Waals surface area contributed by atoms with Crippen LogP contribution in [-0.2, 0) is 4.79 Å². The Hall–Kier alpha value is -1.96. The van der Waals surface area contributed by atoms with E-state index in [2.05, 4.69) is 10.3 Å². The molecule has 3 N–H and O–H groups in total. The number of ether oxygens (including phenoxy) is 1. The molecule has 1 unspecified atom stereocenters. The first-order chi connectivity index (χ1) is 11.2. The van der Waals surface area contributed by atoms with Crippen LogP contribution in [-0.4, -0.2) is 22.9 Å². The molecular weight excluding hydrogens is 350 g/mol. The predicted octanol–water partition coefficient (Wildman–Crippen LogP) is 3.33. The Morgan fingerprint density at radius 2 is 2.00 bits per heavy atom. The number of anilines is 1. The number of hydrogen-bond acceptors (Lipinski definition) is 6. The number of esters is 1. The molecule has 0 aliphatic heterocycles. The van der Waals surface area contributed by atoms with Gasteiger partial charge in [-0.25, -0.2) is 9.78 Å². The molecule has 8 heteroatoms. The van der Waals surface area contributed by atoms with Crippen molar-refractivity contribution in [2.75, 3.05) is 5.32 Å². The summed E-state index contributed by atoms with van der Waals surface area (Å²) in [4.78, 5) is 28.5. The van der Waals surface area contributed by atoms with Crippen LogP contribution in [0.1, 0.15) is 31.1 Å². The molecule has 128 valence electrons. The summed E-state index contributed by atoms with van der Waals surface area (Å²) in [7, 11) is 0. The number of carbonyl (C=O) groups excluding carboxylic acids is 2. The lowest BCUT2D eigenvalue weighted by molar-refractivity contribution is -0.138. The van der Waals surface area contributed by atoms with Gasteiger partial charge in [-0.15, -0.1) is 0 Å². The van der Waals surface area contributed by atoms with Crippen molar-refractivity contribution in [2.24, 2.45) is 11.1 Å². The summed E-state index contributed by atoms with van der Waals surface area (Å²) in [6, 6.07) is 5.62. The van der Waals surface area contributed by atoms with E-state index >= 15 is 0 Å². The fourth-order valence-corrected chi connectivity index (χ4v) is 2.55. The van der Waals surface area contributed by atoms with E-state index in [1.807, 2.05) is 20.8 Å². The average molecular weight is 368 g/mol. The van der Waals surface area contributed by atoms with E-state index < -0.39 is 23.3 Å². The van der Waals surface area contributed by atoms with Crippen LogP contribution in [0, 0.1) is 5.41 Å². The molecule has 1 aromatic carbocycles. The zero-order valence-corrected chi connectivity index (χ0v) is 15.1. The van der Waals surface area contributed by atoms with Crippen LogP contribution < -0.4 is 15.8 Å². The van der Waals surface area contributed by atoms with Crippen molar-refractivity contribution in [1.82, 2.24) is 4.98 Å². The van der Waals surface area contributed by atoms with Crippen LogP contribution >= 0.6 is 22.9 Å². The van der Waals surface area contributed by atoms with E-state index in [4.69, 9.17) is 22.1 Å². The number of para-hydroxylation sites is 1. The third-order valence-electron chi connectivity index (χ3n) is 3.23. The van der Waals surface area contributed by atoms with Crippen molar-refractivity contribution in [3.05, 3.63) is 40.4 Å². The minimum absolute atomic E-state index is 0.141. The normalized spacial score (nSPS) is 12.5. The molecule has 2 rings (SSSR count). The second-order valence-electron chi connectivity index (χ2n) is 6.18. The number of nitrogens with one attached hydrogen (secondary N) is 1. The number of carbonyl (C=O) groups is 2. The number of nitrogens with zero attached hydrogens (tertiary/aromatic N) is 1. The Morgan fingerprint density at radius 3 is 2.58 bits per heavy atom. The molecule has 0 saturated carbocycles. The smallest absolute Gasteiger partial charge is 0.328 e. The number of nitrogens with two attached hydrogens (primary N) is 1. The molecule has 0 saturated heterocycles. The van der Waals surface area contributed by atoms with Crippen molar-refractivity contribution in [2.45, 2.75) is 26.8 Å². The summed E-state index contributed by atoms with van der Waals surface area (Å²) in [6.07, 6.45) is 1.44. The number of aromatic nitrogens is 1. The summed E-state index contributed by atoms with van der Waals surface area (Å²) in [5, 5.41) is 2.97. The Kier molecular flexibility index (Phi) is 5.58. The minimum Gasteiger partial charge on any atom is -0.425 e. The number of thiazole rings is 1. The zero-order chi connectivity index (χ0) is 17.9. The number of halogens is 1. The number of benzene rings is 1. The van der Waals surface area contributed by atoms with Gasteiger partial charge >= 0.3 is 5.97 Å². The molecule has 0 fully saturated rings. The van der Waals surface area contributed by atoms with E-state index in [0.29, 0.717) is 9.47 Å². The molecule has 0 radical (unpaired) electrons. The lowest BCUT2D eigenvalue weighted by atomic mass is 9.87. The van der Waals surface area contributed by atoms with Gasteiger partial charge in [-0.2, -0.15) is 0 Å². The largest absolute Gasteiger partial charge is 0.425 e. The van der Waals surface area contributed by atoms with Gasteiger partial charge in [0.25, 0.3) is 5.91 Å². The second-order valence-corrected chi connectivity index (χ2v) is 7.85. The predicted molar refractivity (Wildman–Crippen MR) is 94.6 cm³/mol. The Morgan fingerprint density at radius 1 is 1.33 bits per heavy atom. The van der Waals surface area contributed by atoms with Crippen molar-refractivity contribution in [3.63, 3.8) is 0 Å². The maximum absolute atomic E-state index is 12.4. The van der Waals surface area contributed by atoms with Gasteiger partial charge in [0.1, 0.15) is 16.1 Å². The zero-order valence-electron chi connectivity index (χ0n) is 13.5. The Balaban J connectivity index is 2.18. The van der Waals surface area contributed by atoms with Gasteiger partial charge in [0.15, 0.2) is 5.13 Å². The highest BCUT2D eigenvalue weighted by Gasteiger charge is 2.30. The van der Waals surface area contributed by atoms with Gasteiger partial charge in [0.2, 0.25) is 0 Å². The van der Waals surface area contributed by atoms with Crippen molar-refractivity contribution < 1.29 is 14.3 Å². The lowest BCUT2D eigenvalue weighted by Gasteiger charge is -2.25. The SMILES string of the molecule is CC(C)(C)C(N)C(=O)Oc1ccccc1C(=O)Nc1ncc(Cl)s1. The van der Waals surface area contributed by atoms with Crippen molar-refractivity contribution in [1.29, 1.82) is 0 Å². The van der Waals surface area contributed by atoms with Crippen LogP contribution in [0.4, 0.5) is 5.13 Å². The van der Waals surface area contributed by atoms with E-state index in [-0.39, 0.29) is 11.3 Å². The van der Waals surface area contributed by atoms with E-state index in [0.717, 1.165) is 11.3 Å². The molecule has 1 heterocycles. The molecule has 1 aromatic heterocycles. The van der Waals surface area contributed by atoms with Crippen molar-refractivity contribution >= 4 is 39.9 Å². The first-order valence-corrected chi connectivity index (χ1v) is 8.37. The maximum Gasteiger partial charge on any atom is 0.328 e. The fraction of sp³-hybridized carbons (Fsp3) is 0.312. The summed E-state index contributed by atoms with van der Waals surface area (Å²) < 4.78 is 5.79. The fourth-order valence-electron chi connectivity index (χ4n) is 1.75. The van der Waals surface area contributed by atoms with E-state index in [1.54, 1.807) is 18.2 Å². The molecule has 1 amide bonds. The second kappa shape index (κ2) is 7.29. The van der Waals surface area contributed by atoms with Crippen LogP contribution in [0.25, 0.3) is 0 Å². The standard InChI is InChI=1S/C16H18ClN3O3S/c1-16(2,3)12(18)14(22)23-10-7-5-4-6-9(10)13(21)20-15-19-8-11(17)24-15/h4-8,12H,18H2,1-3H3,(H,19,20,21). The number of hydrogen-bond donors (Lipinski definition) is 2. The van der Waals surface area contributed by atoms with Crippen molar-refractivity contribution in [3.8, 4) is 5.75 Å². The molecule has 2 aromatic rings.